The van der Waals surface area contributed by atoms with Crippen LogP contribution in [-0.2, 0) is 6.42 Å². The lowest BCUT2D eigenvalue weighted by Crippen LogP contribution is -2.42. The first-order valence-electron chi connectivity index (χ1n) is 9.32. The van der Waals surface area contributed by atoms with Crippen LogP contribution in [0.1, 0.15) is 28.8 Å². The van der Waals surface area contributed by atoms with Crippen LogP contribution in [0, 0.1) is 11.8 Å². The molecule has 3 nitrogen and oxygen atoms in total. The van der Waals surface area contributed by atoms with E-state index in [9.17, 15) is 4.79 Å². The highest BCUT2D eigenvalue weighted by Crippen LogP contribution is 2.28. The number of nitrogens with zero attached hydrogens (tertiary/aromatic N) is 1. The van der Waals surface area contributed by atoms with Crippen molar-refractivity contribution in [2.75, 3.05) is 26.2 Å². The van der Waals surface area contributed by atoms with Crippen LogP contribution in [0.2, 0.25) is 0 Å². The van der Waals surface area contributed by atoms with E-state index in [-0.39, 0.29) is 24.1 Å². The molecule has 1 unspecified atom stereocenters. The van der Waals surface area contributed by atoms with Crippen molar-refractivity contribution in [2.45, 2.75) is 19.3 Å². The number of benzene rings is 2. The molecule has 0 aromatic heterocycles. The maximum atomic E-state index is 12.7. The first kappa shape index (κ1) is 18.9. The molecule has 0 aliphatic carbocycles. The summed E-state index contributed by atoms with van der Waals surface area (Å²) in [6.07, 6.45) is 3.61. The highest BCUT2D eigenvalue weighted by Gasteiger charge is 2.31. The van der Waals surface area contributed by atoms with Crippen LogP contribution in [0.15, 0.2) is 54.6 Å². The zero-order chi connectivity index (χ0) is 17.1. The first-order chi connectivity index (χ1) is 12.3. The Labute approximate surface area is 161 Å². The van der Waals surface area contributed by atoms with Gasteiger partial charge >= 0.3 is 0 Å². The van der Waals surface area contributed by atoms with E-state index >= 15 is 0 Å². The van der Waals surface area contributed by atoms with E-state index in [2.05, 4.69) is 35.2 Å². The fraction of sp³-hybridized carbons (Fsp3) is 0.409. The minimum atomic E-state index is -0.0272. The topological polar surface area (TPSA) is 29.5 Å². The molecular formula is C22H26ClNO2. The van der Waals surface area contributed by atoms with Gasteiger partial charge in [-0.2, -0.15) is 0 Å². The van der Waals surface area contributed by atoms with Crippen LogP contribution in [0.25, 0.3) is 0 Å². The molecule has 26 heavy (non-hydrogen) atoms. The molecule has 1 atom stereocenters. The Balaban J connectivity index is 0.00000196. The summed E-state index contributed by atoms with van der Waals surface area (Å²) in [5.41, 5.74) is 2.19. The van der Waals surface area contributed by atoms with E-state index in [1.165, 1.54) is 24.8 Å². The summed E-state index contributed by atoms with van der Waals surface area (Å²) >= 11 is 0. The molecule has 0 bridgehead atoms. The zero-order valence-electron chi connectivity index (χ0n) is 15.0. The first-order valence-corrected chi connectivity index (χ1v) is 9.32. The van der Waals surface area contributed by atoms with E-state index in [4.69, 9.17) is 4.74 Å². The Morgan fingerprint density at radius 3 is 2.42 bits per heavy atom. The van der Waals surface area contributed by atoms with Crippen LogP contribution in [0.5, 0.6) is 5.75 Å². The smallest absolute Gasteiger partial charge is 0.174 e. The van der Waals surface area contributed by atoms with E-state index < -0.39 is 0 Å². The van der Waals surface area contributed by atoms with Gasteiger partial charge in [-0.1, -0.05) is 42.5 Å². The molecular weight excluding hydrogens is 346 g/mol. The van der Waals surface area contributed by atoms with Gasteiger partial charge in [0, 0.05) is 6.54 Å². The average molecular weight is 372 g/mol. The van der Waals surface area contributed by atoms with Gasteiger partial charge in [0.05, 0.1) is 18.1 Å². The van der Waals surface area contributed by atoms with Gasteiger partial charge in [0.2, 0.25) is 0 Å². The van der Waals surface area contributed by atoms with Gasteiger partial charge in [-0.05, 0) is 56.0 Å². The normalized spacial score (nSPS) is 20.8. The minimum absolute atomic E-state index is 0. The Kier molecular flexibility index (Phi) is 6.33. The van der Waals surface area contributed by atoms with Gasteiger partial charge in [0.1, 0.15) is 5.75 Å². The molecule has 0 radical (unpaired) electrons. The van der Waals surface area contributed by atoms with Crippen molar-refractivity contribution in [2.24, 2.45) is 11.8 Å². The molecule has 2 aromatic rings. The number of hydrogen-bond donors (Lipinski definition) is 0. The molecule has 0 saturated carbocycles. The fourth-order valence-electron chi connectivity index (χ4n) is 4.05. The van der Waals surface area contributed by atoms with Crippen LogP contribution in [0.3, 0.4) is 0 Å². The van der Waals surface area contributed by atoms with Crippen molar-refractivity contribution in [3.8, 4) is 5.75 Å². The second-order valence-electron chi connectivity index (χ2n) is 7.30. The number of carbonyl (C=O) groups is 1. The Bertz CT molecular complexity index is 726. The van der Waals surface area contributed by atoms with E-state index in [1.54, 1.807) is 0 Å². The number of fused-ring (bicyclic) bond motifs is 1. The Morgan fingerprint density at radius 2 is 1.65 bits per heavy atom. The second kappa shape index (κ2) is 8.70. The molecule has 2 aliphatic heterocycles. The predicted molar refractivity (Wildman–Crippen MR) is 106 cm³/mol. The largest absolute Gasteiger partial charge is 0.492 e. The van der Waals surface area contributed by atoms with E-state index in [0.717, 1.165) is 36.9 Å². The van der Waals surface area contributed by atoms with Crippen molar-refractivity contribution < 1.29 is 9.53 Å². The van der Waals surface area contributed by atoms with Crippen LogP contribution in [0.4, 0.5) is 0 Å². The minimum Gasteiger partial charge on any atom is -0.492 e. The summed E-state index contributed by atoms with van der Waals surface area (Å²) in [5.74, 6) is 1.72. The van der Waals surface area contributed by atoms with Crippen LogP contribution in [-0.4, -0.2) is 36.9 Å². The van der Waals surface area contributed by atoms with Gasteiger partial charge in [-0.3, -0.25) is 4.79 Å². The lowest BCUT2D eigenvalue weighted by molar-refractivity contribution is 0.0732. The summed E-state index contributed by atoms with van der Waals surface area (Å²) in [6.45, 7) is 3.51. The number of halogens is 1. The molecule has 1 saturated heterocycles. The van der Waals surface area contributed by atoms with E-state index in [1.807, 2.05) is 24.3 Å². The number of ether oxygens (including phenoxy) is 1. The Morgan fingerprint density at radius 1 is 0.962 bits per heavy atom. The van der Waals surface area contributed by atoms with Gasteiger partial charge in [0.25, 0.3) is 0 Å². The second-order valence-corrected chi connectivity index (χ2v) is 7.30. The summed E-state index contributed by atoms with van der Waals surface area (Å²) in [4.78, 5) is 15.1. The molecule has 1 fully saturated rings. The summed E-state index contributed by atoms with van der Waals surface area (Å²) in [7, 11) is 0. The number of para-hydroxylation sites is 1. The maximum Gasteiger partial charge on any atom is 0.174 e. The number of Topliss-reactive ketones (excluding diaryl/α,β-unsaturated/α-hetero) is 1. The number of rotatable bonds is 4. The van der Waals surface area contributed by atoms with E-state index in [0.29, 0.717) is 6.61 Å². The number of piperidine rings is 1. The molecule has 2 aliphatic rings. The van der Waals surface area contributed by atoms with Crippen molar-refractivity contribution >= 4 is 18.2 Å². The zero-order valence-corrected chi connectivity index (χ0v) is 15.8. The SMILES string of the molecule is Cl.O=C1c2ccccc2OCC1CN1CCC(Cc2ccccc2)CC1. The highest BCUT2D eigenvalue weighted by atomic mass is 35.5. The maximum absolute atomic E-state index is 12.7. The fourth-order valence-corrected chi connectivity index (χ4v) is 4.05. The van der Waals surface area contributed by atoms with Crippen molar-refractivity contribution in [3.63, 3.8) is 0 Å². The lowest BCUT2D eigenvalue weighted by Gasteiger charge is -2.35. The molecule has 0 spiro atoms. The molecule has 138 valence electrons. The number of ketones is 1. The molecule has 2 heterocycles. The molecule has 2 aromatic carbocycles. The van der Waals surface area contributed by atoms with Gasteiger partial charge in [-0.25, -0.2) is 0 Å². The molecule has 4 rings (SSSR count). The summed E-state index contributed by atoms with van der Waals surface area (Å²) in [6, 6.07) is 18.4. The number of likely N-dealkylation sites (tertiary alicyclic amines) is 1. The predicted octanol–water partition coefficient (Wildman–Crippen LogP) is 4.25. The third-order valence-corrected chi connectivity index (χ3v) is 5.52. The van der Waals surface area contributed by atoms with Crippen molar-refractivity contribution in [1.29, 1.82) is 0 Å². The number of carbonyl (C=O) groups excluding carboxylic acids is 1. The van der Waals surface area contributed by atoms with Crippen LogP contribution >= 0.6 is 12.4 Å². The van der Waals surface area contributed by atoms with Gasteiger partial charge in [-0.15, -0.1) is 12.4 Å². The lowest BCUT2D eigenvalue weighted by atomic mass is 9.89. The monoisotopic (exact) mass is 371 g/mol. The third-order valence-electron chi connectivity index (χ3n) is 5.52. The third kappa shape index (κ3) is 4.28. The quantitative estimate of drug-likeness (QED) is 0.804. The van der Waals surface area contributed by atoms with Crippen LogP contribution < -0.4 is 4.74 Å². The van der Waals surface area contributed by atoms with Gasteiger partial charge in [0.15, 0.2) is 5.78 Å². The van der Waals surface area contributed by atoms with Crippen molar-refractivity contribution in [3.05, 3.63) is 65.7 Å². The molecule has 0 amide bonds. The highest BCUT2D eigenvalue weighted by molar-refractivity contribution is 6.01. The average Bonchev–Trinajstić information content (AvgIpc) is 2.67. The van der Waals surface area contributed by atoms with Gasteiger partial charge < -0.3 is 9.64 Å². The Hall–Kier alpha value is -1.84. The van der Waals surface area contributed by atoms with Crippen molar-refractivity contribution in [1.82, 2.24) is 4.90 Å². The molecule has 4 heteroatoms. The standard InChI is InChI=1S/C22H25NO2.ClH/c24-22-19(16-25-21-9-5-4-8-20(21)22)15-23-12-10-18(11-13-23)14-17-6-2-1-3-7-17;/h1-9,18-19H,10-16H2;1H. The number of hydrogen-bond acceptors (Lipinski definition) is 3. The summed E-state index contributed by atoms with van der Waals surface area (Å²) < 4.78 is 5.80. The molecule has 0 N–H and O–H groups in total. The summed E-state index contributed by atoms with van der Waals surface area (Å²) in [5, 5.41) is 0.